The van der Waals surface area contributed by atoms with Crippen LogP contribution >= 0.6 is 0 Å². The van der Waals surface area contributed by atoms with Crippen molar-refractivity contribution in [3.05, 3.63) is 48.0 Å². The topological polar surface area (TPSA) is 0 Å². The Kier molecular flexibility index (Phi) is 5.17. The summed E-state index contributed by atoms with van der Waals surface area (Å²) in [6, 6.07) is 6.50. The third kappa shape index (κ3) is 4.09. The first-order chi connectivity index (χ1) is 8.80. The monoisotopic (exact) mass is 256 g/mol. The van der Waals surface area contributed by atoms with Crippen LogP contribution in [0.3, 0.4) is 0 Å². The molecule has 0 aliphatic heterocycles. The van der Waals surface area contributed by atoms with Gasteiger partial charge in [-0.15, -0.1) is 0 Å². The maximum absolute atomic E-state index is 3.99. The van der Waals surface area contributed by atoms with E-state index < -0.39 is 0 Å². The molecule has 0 fully saturated rings. The van der Waals surface area contributed by atoms with E-state index in [1.54, 1.807) is 0 Å². The lowest BCUT2D eigenvalue weighted by Gasteiger charge is -2.30. The van der Waals surface area contributed by atoms with E-state index in [0.717, 1.165) is 0 Å². The van der Waals surface area contributed by atoms with Crippen LogP contribution < -0.4 is 0 Å². The van der Waals surface area contributed by atoms with Gasteiger partial charge in [0.2, 0.25) is 0 Å². The average molecular weight is 256 g/mol. The van der Waals surface area contributed by atoms with Gasteiger partial charge in [0.1, 0.15) is 0 Å². The highest BCUT2D eigenvalue weighted by molar-refractivity contribution is 5.67. The van der Waals surface area contributed by atoms with E-state index in [2.05, 4.69) is 66.0 Å². The van der Waals surface area contributed by atoms with Crippen molar-refractivity contribution in [2.45, 2.75) is 47.0 Å². The molecule has 19 heavy (non-hydrogen) atoms. The minimum Gasteiger partial charge on any atom is -0.0984 e. The standard InChI is InChI=1S/C19H28/c1-8-15-11-10-12-17(16(15)9-2)18(14(3)4)13-19(5,6)7/h8-12,14,18H,1-2,13H2,3-7H3/t18-/m0/s1. The van der Waals surface area contributed by atoms with Gasteiger partial charge in [-0.3, -0.25) is 0 Å². The van der Waals surface area contributed by atoms with E-state index in [9.17, 15) is 0 Å². The smallest absolute Gasteiger partial charge is 0.0128 e. The second kappa shape index (κ2) is 6.23. The molecule has 104 valence electrons. The lowest BCUT2D eigenvalue weighted by atomic mass is 9.74. The minimum absolute atomic E-state index is 0.331. The second-order valence-electron chi connectivity index (χ2n) is 6.87. The fourth-order valence-electron chi connectivity index (χ4n) is 2.70. The molecule has 0 radical (unpaired) electrons. The summed E-state index contributed by atoms with van der Waals surface area (Å²) in [5.74, 6) is 1.19. The molecule has 0 nitrogen and oxygen atoms in total. The minimum atomic E-state index is 0.331. The van der Waals surface area contributed by atoms with E-state index in [1.807, 2.05) is 12.2 Å². The van der Waals surface area contributed by atoms with Crippen LogP contribution in [0.5, 0.6) is 0 Å². The Balaban J connectivity index is 3.30. The van der Waals surface area contributed by atoms with Crippen LogP contribution in [0.1, 0.15) is 63.6 Å². The normalized spacial score (nSPS) is 13.4. The van der Waals surface area contributed by atoms with Gasteiger partial charge in [0.05, 0.1) is 0 Å². The molecule has 0 unspecified atom stereocenters. The Labute approximate surface area is 119 Å². The maximum atomic E-state index is 3.99. The number of rotatable bonds is 5. The lowest BCUT2D eigenvalue weighted by Crippen LogP contribution is -2.17. The van der Waals surface area contributed by atoms with Gasteiger partial charge in [-0.2, -0.15) is 0 Å². The molecule has 0 N–H and O–H groups in total. The Morgan fingerprint density at radius 1 is 1.11 bits per heavy atom. The quantitative estimate of drug-likeness (QED) is 0.593. The van der Waals surface area contributed by atoms with E-state index in [0.29, 0.717) is 17.3 Å². The average Bonchev–Trinajstić information content (AvgIpc) is 2.33. The van der Waals surface area contributed by atoms with Gasteiger partial charge in [0.25, 0.3) is 0 Å². The van der Waals surface area contributed by atoms with Crippen molar-refractivity contribution in [1.82, 2.24) is 0 Å². The van der Waals surface area contributed by atoms with Crippen LogP contribution in [-0.4, -0.2) is 0 Å². The number of benzene rings is 1. The van der Waals surface area contributed by atoms with Crippen molar-refractivity contribution in [2.75, 3.05) is 0 Å². The molecule has 0 amide bonds. The Morgan fingerprint density at radius 2 is 1.74 bits per heavy atom. The summed E-state index contributed by atoms with van der Waals surface area (Å²) < 4.78 is 0. The molecule has 0 aliphatic carbocycles. The molecule has 0 saturated heterocycles. The molecule has 0 bridgehead atoms. The third-order valence-electron chi connectivity index (χ3n) is 3.63. The van der Waals surface area contributed by atoms with E-state index >= 15 is 0 Å². The largest absolute Gasteiger partial charge is 0.0984 e. The molecule has 0 aliphatic rings. The van der Waals surface area contributed by atoms with Crippen molar-refractivity contribution in [2.24, 2.45) is 11.3 Å². The lowest BCUT2D eigenvalue weighted by molar-refractivity contribution is 0.301. The zero-order valence-electron chi connectivity index (χ0n) is 13.2. The summed E-state index contributed by atoms with van der Waals surface area (Å²) in [4.78, 5) is 0. The van der Waals surface area contributed by atoms with Gasteiger partial charge < -0.3 is 0 Å². The van der Waals surface area contributed by atoms with Gasteiger partial charge in [-0.1, -0.05) is 78.1 Å². The number of hydrogen-bond donors (Lipinski definition) is 0. The molecule has 0 spiro atoms. The van der Waals surface area contributed by atoms with Crippen LogP contribution in [0, 0.1) is 11.3 Å². The van der Waals surface area contributed by atoms with Crippen molar-refractivity contribution >= 4 is 12.2 Å². The van der Waals surface area contributed by atoms with Crippen molar-refractivity contribution < 1.29 is 0 Å². The third-order valence-corrected chi connectivity index (χ3v) is 3.63. The van der Waals surface area contributed by atoms with Crippen LogP contribution in [0.4, 0.5) is 0 Å². The SMILES string of the molecule is C=Cc1cccc([C@@H](CC(C)(C)C)C(C)C)c1C=C. The molecule has 0 heteroatoms. The molecular weight excluding hydrogens is 228 g/mol. The molecule has 0 aromatic heterocycles. The van der Waals surface area contributed by atoms with Crippen LogP contribution in [-0.2, 0) is 0 Å². The van der Waals surface area contributed by atoms with Gasteiger partial charge >= 0.3 is 0 Å². The zero-order valence-corrected chi connectivity index (χ0v) is 13.2. The predicted octanol–water partition coefficient (Wildman–Crippen LogP) is 6.15. The van der Waals surface area contributed by atoms with Gasteiger partial charge in [-0.25, -0.2) is 0 Å². The highest BCUT2D eigenvalue weighted by Crippen LogP contribution is 2.38. The molecule has 1 aromatic rings. The summed E-state index contributed by atoms with van der Waals surface area (Å²) in [5, 5.41) is 0. The Hall–Kier alpha value is -1.30. The van der Waals surface area contributed by atoms with Crippen LogP contribution in [0.15, 0.2) is 31.4 Å². The molecule has 0 saturated carbocycles. The van der Waals surface area contributed by atoms with Gasteiger partial charge in [-0.05, 0) is 40.4 Å². The highest BCUT2D eigenvalue weighted by Gasteiger charge is 2.24. The van der Waals surface area contributed by atoms with E-state index in [-0.39, 0.29) is 0 Å². The summed E-state index contributed by atoms with van der Waals surface area (Å²) in [6.07, 6.45) is 5.09. The molecule has 1 rings (SSSR count). The van der Waals surface area contributed by atoms with E-state index in [4.69, 9.17) is 0 Å². The highest BCUT2D eigenvalue weighted by atomic mass is 14.3. The maximum Gasteiger partial charge on any atom is -0.0128 e. The Morgan fingerprint density at radius 3 is 2.16 bits per heavy atom. The van der Waals surface area contributed by atoms with Crippen LogP contribution in [0.2, 0.25) is 0 Å². The fraction of sp³-hybridized carbons (Fsp3) is 0.474. The molecule has 1 aromatic carbocycles. The Bertz CT molecular complexity index is 444. The predicted molar refractivity (Wildman–Crippen MR) is 88.3 cm³/mol. The van der Waals surface area contributed by atoms with Gasteiger partial charge in [0.15, 0.2) is 0 Å². The number of hydrogen-bond acceptors (Lipinski definition) is 0. The summed E-state index contributed by atoms with van der Waals surface area (Å²) in [7, 11) is 0. The molecular formula is C19H28. The van der Waals surface area contributed by atoms with Gasteiger partial charge in [0, 0.05) is 0 Å². The first-order valence-electron chi connectivity index (χ1n) is 7.18. The molecule has 1 atom stereocenters. The second-order valence-corrected chi connectivity index (χ2v) is 6.87. The fourth-order valence-corrected chi connectivity index (χ4v) is 2.70. The first kappa shape index (κ1) is 15.8. The van der Waals surface area contributed by atoms with Crippen molar-refractivity contribution in [3.8, 4) is 0 Å². The van der Waals surface area contributed by atoms with Crippen molar-refractivity contribution in [1.29, 1.82) is 0 Å². The van der Waals surface area contributed by atoms with Crippen LogP contribution in [0.25, 0.3) is 12.2 Å². The van der Waals surface area contributed by atoms with Crippen molar-refractivity contribution in [3.63, 3.8) is 0 Å². The summed E-state index contributed by atoms with van der Waals surface area (Å²) >= 11 is 0. The zero-order chi connectivity index (χ0) is 14.6. The molecule has 0 heterocycles. The first-order valence-corrected chi connectivity index (χ1v) is 7.18. The summed E-state index contributed by atoms with van der Waals surface area (Å²) in [6.45, 7) is 19.5. The summed E-state index contributed by atoms with van der Waals surface area (Å²) in [5.41, 5.74) is 4.18. The van der Waals surface area contributed by atoms with E-state index in [1.165, 1.54) is 23.1 Å².